The molecule has 0 bridgehead atoms. The number of carbonyl (C=O) groups is 2. The third-order valence-electron chi connectivity index (χ3n) is 4.32. The van der Waals surface area contributed by atoms with Crippen LogP contribution in [-0.2, 0) is 4.79 Å². The van der Waals surface area contributed by atoms with Gasteiger partial charge in [0, 0.05) is 30.0 Å². The van der Waals surface area contributed by atoms with E-state index in [1.165, 1.54) is 6.42 Å². The predicted molar refractivity (Wildman–Crippen MR) is 84.1 cm³/mol. The van der Waals surface area contributed by atoms with Gasteiger partial charge in [0.15, 0.2) is 5.78 Å². The minimum absolute atomic E-state index is 0.0290. The van der Waals surface area contributed by atoms with E-state index in [9.17, 15) is 9.59 Å². The molecule has 5 heteroatoms. The van der Waals surface area contributed by atoms with Gasteiger partial charge in [0.25, 0.3) is 0 Å². The van der Waals surface area contributed by atoms with E-state index >= 15 is 0 Å². The van der Waals surface area contributed by atoms with Gasteiger partial charge < -0.3 is 9.47 Å². The summed E-state index contributed by atoms with van der Waals surface area (Å²) in [5.74, 6) is 0.0219. The van der Waals surface area contributed by atoms with Crippen LogP contribution in [0.5, 0.6) is 0 Å². The van der Waals surface area contributed by atoms with E-state index in [1.54, 1.807) is 0 Å². The van der Waals surface area contributed by atoms with Crippen LogP contribution in [0.25, 0.3) is 0 Å². The van der Waals surface area contributed by atoms with Crippen LogP contribution < -0.4 is 0 Å². The van der Waals surface area contributed by atoms with Gasteiger partial charge in [-0.25, -0.2) is 0 Å². The molecular formula is C16H23ClN2O2. The number of alkyl halides is 1. The van der Waals surface area contributed by atoms with Crippen LogP contribution in [0.1, 0.15) is 54.0 Å². The first kappa shape index (κ1) is 16.1. The molecule has 1 aliphatic heterocycles. The Morgan fingerprint density at radius 2 is 1.86 bits per heavy atom. The van der Waals surface area contributed by atoms with Gasteiger partial charge in [-0.15, -0.1) is 11.6 Å². The van der Waals surface area contributed by atoms with Crippen LogP contribution in [-0.4, -0.2) is 40.1 Å². The molecule has 1 aliphatic rings. The largest absolute Gasteiger partial charge is 0.341 e. The number of rotatable bonds is 4. The van der Waals surface area contributed by atoms with Gasteiger partial charge in [-0.3, -0.25) is 9.59 Å². The molecule has 0 saturated carbocycles. The molecule has 2 heterocycles. The number of halogens is 1. The van der Waals surface area contributed by atoms with Crippen molar-refractivity contribution in [2.45, 2.75) is 46.1 Å². The van der Waals surface area contributed by atoms with Gasteiger partial charge in [0.2, 0.25) is 5.91 Å². The Balaban J connectivity index is 2.26. The lowest BCUT2D eigenvalue weighted by atomic mass is 10.1. The van der Waals surface area contributed by atoms with Crippen molar-refractivity contribution in [3.05, 3.63) is 23.0 Å². The molecule has 1 amide bonds. The molecule has 116 valence electrons. The third kappa shape index (κ3) is 3.15. The maximum atomic E-state index is 12.6. The third-order valence-corrected chi connectivity index (χ3v) is 4.56. The molecule has 0 N–H and O–H groups in total. The number of aromatic nitrogens is 1. The fraction of sp³-hybridized carbons (Fsp3) is 0.625. The summed E-state index contributed by atoms with van der Waals surface area (Å²) < 4.78 is 1.96. The highest BCUT2D eigenvalue weighted by Crippen LogP contribution is 2.23. The summed E-state index contributed by atoms with van der Waals surface area (Å²) in [6, 6.07) is 1.56. The van der Waals surface area contributed by atoms with Crippen LogP contribution in [0.15, 0.2) is 6.07 Å². The molecule has 2 rings (SSSR count). The summed E-state index contributed by atoms with van der Waals surface area (Å²) in [7, 11) is 0. The molecule has 1 atom stereocenters. The molecule has 1 fully saturated rings. The summed E-state index contributed by atoms with van der Waals surface area (Å²) in [6.45, 7) is 7.41. The Bertz CT molecular complexity index is 545. The van der Waals surface area contributed by atoms with Crippen LogP contribution in [0.2, 0.25) is 0 Å². The highest BCUT2D eigenvalue weighted by molar-refractivity contribution is 6.30. The minimum atomic E-state index is -0.278. The van der Waals surface area contributed by atoms with Crippen molar-refractivity contribution < 1.29 is 9.59 Å². The number of carbonyl (C=O) groups excluding carboxylic acids is 2. The lowest BCUT2D eigenvalue weighted by Crippen LogP contribution is -2.40. The van der Waals surface area contributed by atoms with Crippen molar-refractivity contribution in [3.63, 3.8) is 0 Å². The number of hydrogen-bond acceptors (Lipinski definition) is 2. The number of likely N-dealkylation sites (tertiary alicyclic amines) is 1. The van der Waals surface area contributed by atoms with Gasteiger partial charge in [-0.2, -0.15) is 0 Å². The van der Waals surface area contributed by atoms with Crippen molar-refractivity contribution in [3.8, 4) is 0 Å². The molecule has 1 saturated heterocycles. The Labute approximate surface area is 131 Å². The molecular weight excluding hydrogens is 288 g/mol. The first-order chi connectivity index (χ1) is 9.97. The van der Waals surface area contributed by atoms with Crippen molar-refractivity contribution in [1.29, 1.82) is 0 Å². The molecule has 1 aromatic heterocycles. The molecule has 0 aliphatic carbocycles. The van der Waals surface area contributed by atoms with Crippen molar-refractivity contribution in [2.75, 3.05) is 19.0 Å². The molecule has 0 aromatic carbocycles. The van der Waals surface area contributed by atoms with E-state index in [-0.39, 0.29) is 23.6 Å². The number of hydrogen-bond donors (Lipinski definition) is 0. The number of aryl methyl sites for hydroxylation is 1. The normalized spacial score (nSPS) is 16.9. The quantitative estimate of drug-likeness (QED) is 0.633. The van der Waals surface area contributed by atoms with E-state index in [1.807, 2.05) is 36.3 Å². The average Bonchev–Trinajstić information content (AvgIpc) is 2.80. The molecule has 0 radical (unpaired) electrons. The summed E-state index contributed by atoms with van der Waals surface area (Å²) in [6.07, 6.45) is 3.37. The zero-order valence-corrected chi connectivity index (χ0v) is 13.7. The minimum Gasteiger partial charge on any atom is -0.341 e. The van der Waals surface area contributed by atoms with Crippen molar-refractivity contribution in [2.24, 2.45) is 0 Å². The number of nitrogens with zero attached hydrogens (tertiary/aromatic N) is 2. The summed E-state index contributed by atoms with van der Waals surface area (Å²) in [5, 5.41) is 0. The fourth-order valence-electron chi connectivity index (χ4n) is 3.22. The number of piperidine rings is 1. The Kier molecular flexibility index (Phi) is 5.09. The molecule has 1 aromatic rings. The number of Topliss-reactive ketones (excluding diaryl/α,β-unsaturated/α-hetero) is 1. The van der Waals surface area contributed by atoms with Gasteiger partial charge >= 0.3 is 0 Å². The lowest BCUT2D eigenvalue weighted by Gasteiger charge is -2.30. The van der Waals surface area contributed by atoms with E-state index in [2.05, 4.69) is 0 Å². The smallest absolute Gasteiger partial charge is 0.245 e. The lowest BCUT2D eigenvalue weighted by molar-refractivity contribution is -0.135. The topological polar surface area (TPSA) is 42.3 Å². The van der Waals surface area contributed by atoms with Gasteiger partial charge in [-0.1, -0.05) is 0 Å². The standard InChI is InChI=1S/C16H23ClN2O2/c1-11-9-14(15(20)10-17)12(2)19(11)13(3)16(21)18-7-5-4-6-8-18/h9,13H,4-8,10H2,1-3H3. The Morgan fingerprint density at radius 1 is 1.24 bits per heavy atom. The maximum Gasteiger partial charge on any atom is 0.245 e. The molecule has 1 unspecified atom stereocenters. The van der Waals surface area contributed by atoms with Gasteiger partial charge in [0.1, 0.15) is 6.04 Å². The van der Waals surface area contributed by atoms with Crippen molar-refractivity contribution in [1.82, 2.24) is 9.47 Å². The highest BCUT2D eigenvalue weighted by atomic mass is 35.5. The van der Waals surface area contributed by atoms with Crippen LogP contribution >= 0.6 is 11.6 Å². The zero-order valence-electron chi connectivity index (χ0n) is 13.0. The van der Waals surface area contributed by atoms with Crippen LogP contribution in [0, 0.1) is 13.8 Å². The monoisotopic (exact) mass is 310 g/mol. The van der Waals surface area contributed by atoms with Gasteiger partial charge in [-0.05, 0) is 46.1 Å². The summed E-state index contributed by atoms with van der Waals surface area (Å²) in [4.78, 5) is 26.4. The molecule has 4 nitrogen and oxygen atoms in total. The van der Waals surface area contributed by atoms with E-state index in [0.717, 1.165) is 37.3 Å². The first-order valence-corrected chi connectivity index (χ1v) is 8.07. The average molecular weight is 311 g/mol. The second-order valence-corrected chi connectivity index (χ2v) is 6.04. The first-order valence-electron chi connectivity index (χ1n) is 7.53. The van der Waals surface area contributed by atoms with E-state index in [4.69, 9.17) is 11.6 Å². The van der Waals surface area contributed by atoms with Crippen molar-refractivity contribution >= 4 is 23.3 Å². The zero-order chi connectivity index (χ0) is 15.6. The van der Waals surface area contributed by atoms with Crippen LogP contribution in [0.4, 0.5) is 0 Å². The molecule has 0 spiro atoms. The predicted octanol–water partition coefficient (Wildman–Crippen LogP) is 3.10. The molecule has 21 heavy (non-hydrogen) atoms. The Hall–Kier alpha value is -1.29. The maximum absolute atomic E-state index is 12.6. The Morgan fingerprint density at radius 3 is 2.43 bits per heavy atom. The van der Waals surface area contributed by atoms with E-state index < -0.39 is 0 Å². The van der Waals surface area contributed by atoms with Gasteiger partial charge in [0.05, 0.1) is 5.88 Å². The van der Waals surface area contributed by atoms with Crippen LogP contribution in [0.3, 0.4) is 0 Å². The second kappa shape index (κ2) is 6.65. The summed E-state index contributed by atoms with van der Waals surface area (Å²) in [5.41, 5.74) is 2.38. The SMILES string of the molecule is Cc1cc(C(=O)CCl)c(C)n1C(C)C(=O)N1CCCCC1. The number of amides is 1. The fourth-order valence-corrected chi connectivity index (χ4v) is 3.36. The van der Waals surface area contributed by atoms with E-state index in [0.29, 0.717) is 5.56 Å². The number of ketones is 1. The highest BCUT2D eigenvalue weighted by Gasteiger charge is 2.26. The summed E-state index contributed by atoms with van der Waals surface area (Å²) >= 11 is 5.65. The second-order valence-electron chi connectivity index (χ2n) is 5.77.